The van der Waals surface area contributed by atoms with Crippen molar-refractivity contribution in [3.8, 4) is 0 Å². The van der Waals surface area contributed by atoms with Gasteiger partial charge in [-0.3, -0.25) is 4.79 Å². The van der Waals surface area contributed by atoms with Crippen molar-refractivity contribution in [1.82, 2.24) is 10.6 Å². The molecule has 4 nitrogen and oxygen atoms in total. The van der Waals surface area contributed by atoms with Crippen LogP contribution in [0.1, 0.15) is 25.7 Å². The van der Waals surface area contributed by atoms with Crippen molar-refractivity contribution < 1.29 is 9.53 Å². The Morgan fingerprint density at radius 2 is 2.12 bits per heavy atom. The molecule has 16 heavy (non-hydrogen) atoms. The Hall–Kier alpha value is -0.320. The van der Waals surface area contributed by atoms with Crippen molar-refractivity contribution in [2.24, 2.45) is 5.41 Å². The quantitative estimate of drug-likeness (QED) is 0.708. The molecule has 1 aliphatic rings. The molecule has 0 bridgehead atoms. The van der Waals surface area contributed by atoms with Gasteiger partial charge in [0.1, 0.15) is 0 Å². The fourth-order valence-corrected chi connectivity index (χ4v) is 2.02. The Kier molecular flexibility index (Phi) is 7.72. The molecule has 5 heteroatoms. The van der Waals surface area contributed by atoms with Gasteiger partial charge in [-0.1, -0.05) is 6.42 Å². The van der Waals surface area contributed by atoms with Crippen LogP contribution in [0.2, 0.25) is 0 Å². The number of ether oxygens (including phenoxy) is 1. The van der Waals surface area contributed by atoms with Crippen LogP contribution in [-0.2, 0) is 9.53 Å². The van der Waals surface area contributed by atoms with Crippen LogP contribution in [-0.4, -0.2) is 39.8 Å². The van der Waals surface area contributed by atoms with Crippen molar-refractivity contribution in [2.75, 3.05) is 33.9 Å². The molecule has 0 aromatic carbocycles. The molecule has 1 aliphatic carbocycles. The first-order valence-electron chi connectivity index (χ1n) is 5.63. The molecular formula is C11H23ClN2O2. The highest BCUT2D eigenvalue weighted by atomic mass is 35.5. The van der Waals surface area contributed by atoms with Crippen molar-refractivity contribution in [3.05, 3.63) is 0 Å². The largest absolute Gasteiger partial charge is 0.385 e. The first-order chi connectivity index (χ1) is 7.22. The lowest BCUT2D eigenvalue weighted by molar-refractivity contribution is -0.121. The number of hydrogen-bond donors (Lipinski definition) is 2. The SMILES string of the molecule is CNCC(=O)NCC1(CCOC)CCC1.Cl. The zero-order valence-electron chi connectivity index (χ0n) is 10.2. The van der Waals surface area contributed by atoms with Gasteiger partial charge in [0.2, 0.25) is 5.91 Å². The van der Waals surface area contributed by atoms with Crippen LogP contribution in [0.4, 0.5) is 0 Å². The average Bonchev–Trinajstić information content (AvgIpc) is 2.16. The summed E-state index contributed by atoms with van der Waals surface area (Å²) in [4.78, 5) is 11.3. The summed E-state index contributed by atoms with van der Waals surface area (Å²) in [5.41, 5.74) is 0.319. The van der Waals surface area contributed by atoms with Gasteiger partial charge in [0.15, 0.2) is 0 Å². The molecule has 0 unspecified atom stereocenters. The summed E-state index contributed by atoms with van der Waals surface area (Å²) in [5.74, 6) is 0.0844. The second kappa shape index (κ2) is 7.87. The molecule has 1 saturated carbocycles. The van der Waals surface area contributed by atoms with E-state index in [9.17, 15) is 4.79 Å². The Labute approximate surface area is 104 Å². The number of amides is 1. The lowest BCUT2D eigenvalue weighted by Gasteiger charge is -2.42. The maximum atomic E-state index is 11.3. The van der Waals surface area contributed by atoms with Gasteiger partial charge in [-0.05, 0) is 31.7 Å². The molecule has 0 spiro atoms. The third-order valence-electron chi connectivity index (χ3n) is 3.25. The predicted octanol–water partition coefficient (Wildman–Crippen LogP) is 0.951. The number of rotatable bonds is 7. The summed E-state index contributed by atoms with van der Waals surface area (Å²) in [6.07, 6.45) is 4.78. The molecule has 96 valence electrons. The zero-order chi connectivity index (χ0) is 11.1. The number of halogens is 1. The Morgan fingerprint density at radius 1 is 1.44 bits per heavy atom. The van der Waals surface area contributed by atoms with Gasteiger partial charge in [-0.2, -0.15) is 0 Å². The summed E-state index contributed by atoms with van der Waals surface area (Å²) in [6.45, 7) is 2.00. The van der Waals surface area contributed by atoms with Gasteiger partial charge in [0, 0.05) is 20.3 Å². The van der Waals surface area contributed by atoms with Crippen molar-refractivity contribution in [1.29, 1.82) is 0 Å². The van der Waals surface area contributed by atoms with Gasteiger partial charge < -0.3 is 15.4 Å². The molecule has 0 radical (unpaired) electrons. The highest BCUT2D eigenvalue weighted by Crippen LogP contribution is 2.43. The van der Waals surface area contributed by atoms with Gasteiger partial charge in [-0.15, -0.1) is 12.4 Å². The number of hydrogen-bond acceptors (Lipinski definition) is 3. The minimum absolute atomic E-state index is 0. The third-order valence-corrected chi connectivity index (χ3v) is 3.25. The van der Waals surface area contributed by atoms with E-state index in [1.807, 2.05) is 0 Å². The number of carbonyl (C=O) groups is 1. The summed E-state index contributed by atoms with van der Waals surface area (Å²) in [6, 6.07) is 0. The molecule has 1 fully saturated rings. The van der Waals surface area contributed by atoms with Crippen molar-refractivity contribution >= 4 is 18.3 Å². The van der Waals surface area contributed by atoms with E-state index >= 15 is 0 Å². The minimum atomic E-state index is 0. The van der Waals surface area contributed by atoms with Crippen molar-refractivity contribution in [2.45, 2.75) is 25.7 Å². The molecule has 0 heterocycles. The summed E-state index contributed by atoms with van der Waals surface area (Å²) < 4.78 is 5.10. The molecule has 0 atom stereocenters. The maximum absolute atomic E-state index is 11.3. The van der Waals surface area contributed by atoms with E-state index in [4.69, 9.17) is 4.74 Å². The van der Waals surface area contributed by atoms with Gasteiger partial charge >= 0.3 is 0 Å². The molecular weight excluding hydrogens is 228 g/mol. The topological polar surface area (TPSA) is 50.4 Å². The van der Waals surface area contributed by atoms with Crippen LogP contribution in [0.3, 0.4) is 0 Å². The second-order valence-corrected chi connectivity index (χ2v) is 4.40. The van der Waals surface area contributed by atoms with Crippen LogP contribution < -0.4 is 10.6 Å². The Morgan fingerprint density at radius 3 is 2.56 bits per heavy atom. The van der Waals surface area contributed by atoms with E-state index in [0.29, 0.717) is 12.0 Å². The number of methoxy groups -OCH3 is 1. The van der Waals surface area contributed by atoms with Gasteiger partial charge in [-0.25, -0.2) is 0 Å². The first-order valence-corrected chi connectivity index (χ1v) is 5.63. The monoisotopic (exact) mass is 250 g/mol. The molecule has 1 rings (SSSR count). The fraction of sp³-hybridized carbons (Fsp3) is 0.909. The lowest BCUT2D eigenvalue weighted by atomic mass is 9.67. The molecule has 0 saturated heterocycles. The van der Waals surface area contributed by atoms with Crippen LogP contribution in [0, 0.1) is 5.41 Å². The molecule has 2 N–H and O–H groups in total. The highest BCUT2D eigenvalue weighted by Gasteiger charge is 2.36. The van der Waals surface area contributed by atoms with E-state index in [-0.39, 0.29) is 18.3 Å². The standard InChI is InChI=1S/C11H22N2O2.ClH/c1-12-8-10(14)13-9-11(4-3-5-11)6-7-15-2;/h12H,3-9H2,1-2H3,(H,13,14);1H. The lowest BCUT2D eigenvalue weighted by Crippen LogP contribution is -2.44. The van der Waals surface area contributed by atoms with E-state index in [1.165, 1.54) is 19.3 Å². The van der Waals surface area contributed by atoms with E-state index < -0.39 is 0 Å². The van der Waals surface area contributed by atoms with Crippen LogP contribution in [0.5, 0.6) is 0 Å². The van der Waals surface area contributed by atoms with E-state index in [1.54, 1.807) is 14.2 Å². The van der Waals surface area contributed by atoms with Crippen LogP contribution >= 0.6 is 12.4 Å². The highest BCUT2D eigenvalue weighted by molar-refractivity contribution is 5.85. The number of nitrogens with one attached hydrogen (secondary N) is 2. The zero-order valence-corrected chi connectivity index (χ0v) is 11.0. The molecule has 0 aromatic rings. The number of carbonyl (C=O) groups excluding carboxylic acids is 1. The normalized spacial score (nSPS) is 17.1. The second-order valence-electron chi connectivity index (χ2n) is 4.40. The van der Waals surface area contributed by atoms with Gasteiger partial charge in [0.25, 0.3) is 0 Å². The van der Waals surface area contributed by atoms with Crippen LogP contribution in [0.25, 0.3) is 0 Å². The van der Waals surface area contributed by atoms with Crippen molar-refractivity contribution in [3.63, 3.8) is 0 Å². The van der Waals surface area contributed by atoms with Crippen LogP contribution in [0.15, 0.2) is 0 Å². The third kappa shape index (κ3) is 4.68. The smallest absolute Gasteiger partial charge is 0.233 e. The van der Waals surface area contributed by atoms with E-state index in [0.717, 1.165) is 19.6 Å². The minimum Gasteiger partial charge on any atom is -0.385 e. The fourth-order valence-electron chi connectivity index (χ4n) is 2.02. The Bertz CT molecular complexity index is 208. The number of likely N-dealkylation sites (N-methyl/N-ethyl adjacent to an activating group) is 1. The first kappa shape index (κ1) is 15.7. The van der Waals surface area contributed by atoms with E-state index in [2.05, 4.69) is 10.6 Å². The molecule has 0 aromatic heterocycles. The summed E-state index contributed by atoms with van der Waals surface area (Å²) >= 11 is 0. The summed E-state index contributed by atoms with van der Waals surface area (Å²) in [7, 11) is 3.51. The molecule has 1 amide bonds. The maximum Gasteiger partial charge on any atom is 0.233 e. The predicted molar refractivity (Wildman–Crippen MR) is 67.0 cm³/mol. The molecule has 0 aliphatic heterocycles. The average molecular weight is 251 g/mol. The summed E-state index contributed by atoms with van der Waals surface area (Å²) in [5, 5.41) is 5.82. The van der Waals surface area contributed by atoms with Gasteiger partial charge in [0.05, 0.1) is 6.54 Å². The Balaban J connectivity index is 0.00000225.